The summed E-state index contributed by atoms with van der Waals surface area (Å²) in [4.78, 5) is 0. The van der Waals surface area contributed by atoms with Gasteiger partial charge in [-0.25, -0.2) is 0 Å². The van der Waals surface area contributed by atoms with Gasteiger partial charge < -0.3 is 5.11 Å². The van der Waals surface area contributed by atoms with E-state index in [2.05, 4.69) is 20.3 Å². The van der Waals surface area contributed by atoms with Crippen LogP contribution in [0, 0.1) is 0 Å². The fraction of sp³-hybridized carbons (Fsp3) is 0. The number of phenols is 1. The van der Waals surface area contributed by atoms with Crippen molar-refractivity contribution in [1.82, 2.24) is 0 Å². The molecule has 1 heterocycles. The number of phenolic OH excluding ortho intramolecular Hbond substituents is 1. The van der Waals surface area contributed by atoms with Crippen molar-refractivity contribution in [3.05, 3.63) is 45.7 Å². The Hall–Kier alpha value is -1.18. The zero-order valence-corrected chi connectivity index (χ0v) is 12.2. The molecule has 0 atom stereocenters. The average Bonchev–Trinajstić information content (AvgIpc) is 2.85. The summed E-state index contributed by atoms with van der Waals surface area (Å²) in [6, 6.07) is 7.79. The molecule has 4 nitrogen and oxygen atoms in total. The molecule has 1 aromatic carbocycles. The topological polar surface area (TPSA) is 66.7 Å². The molecule has 0 amide bonds. The summed E-state index contributed by atoms with van der Waals surface area (Å²) in [6.45, 7) is 0. The lowest BCUT2D eigenvalue weighted by Gasteiger charge is -1.98. The van der Waals surface area contributed by atoms with Gasteiger partial charge in [-0.15, -0.1) is 11.3 Å². The minimum atomic E-state index is -3.63. The van der Waals surface area contributed by atoms with Crippen LogP contribution in [0.2, 0.25) is 0 Å². The highest BCUT2D eigenvalue weighted by atomic mass is 79.9. The average molecular weight is 346 g/mol. The smallest absolute Gasteiger partial charge is 0.291 e. The second kappa shape index (κ2) is 5.21. The Balaban J connectivity index is 2.28. The van der Waals surface area contributed by atoms with Gasteiger partial charge in [0.1, 0.15) is 9.96 Å². The minimum absolute atomic E-state index is 0.0910. The first-order valence-corrected chi connectivity index (χ1v) is 7.93. The molecule has 0 fully saturated rings. The van der Waals surface area contributed by atoms with Crippen LogP contribution in [0.1, 0.15) is 5.56 Å². The number of rotatable bonds is 3. The summed E-state index contributed by atoms with van der Waals surface area (Å²) in [6.07, 6.45) is 1.25. The lowest BCUT2D eigenvalue weighted by molar-refractivity contribution is 0.472. The Kier molecular flexibility index (Phi) is 3.84. The van der Waals surface area contributed by atoms with Gasteiger partial charge in [-0.2, -0.15) is 12.8 Å². The highest BCUT2D eigenvalue weighted by molar-refractivity contribution is 9.10. The quantitative estimate of drug-likeness (QED) is 0.869. The van der Waals surface area contributed by atoms with Crippen LogP contribution in [-0.2, 0) is 10.0 Å². The van der Waals surface area contributed by atoms with Crippen LogP contribution < -0.4 is 0 Å². The molecule has 0 saturated carbocycles. The third-order valence-corrected chi connectivity index (χ3v) is 5.31. The van der Waals surface area contributed by atoms with Crippen molar-refractivity contribution in [3.8, 4) is 5.75 Å². The van der Waals surface area contributed by atoms with Crippen molar-refractivity contribution in [2.24, 2.45) is 4.40 Å². The molecule has 7 heteroatoms. The van der Waals surface area contributed by atoms with E-state index in [0.29, 0.717) is 10.0 Å². The van der Waals surface area contributed by atoms with E-state index in [-0.39, 0.29) is 9.96 Å². The Morgan fingerprint density at radius 3 is 2.72 bits per heavy atom. The summed E-state index contributed by atoms with van der Waals surface area (Å²) in [7, 11) is -3.63. The fourth-order valence-corrected chi connectivity index (χ4v) is 3.44. The van der Waals surface area contributed by atoms with Gasteiger partial charge in [-0.05, 0) is 51.1 Å². The van der Waals surface area contributed by atoms with Gasteiger partial charge in [0.15, 0.2) is 0 Å². The second-order valence-electron chi connectivity index (χ2n) is 3.35. The number of benzene rings is 1. The van der Waals surface area contributed by atoms with Crippen LogP contribution in [0.15, 0.2) is 48.8 Å². The molecule has 0 aliphatic rings. The molecule has 2 rings (SSSR count). The molecule has 94 valence electrons. The third-order valence-electron chi connectivity index (χ3n) is 2.06. The van der Waals surface area contributed by atoms with Crippen molar-refractivity contribution in [2.75, 3.05) is 0 Å². The second-order valence-corrected chi connectivity index (χ2v) is 7.01. The molecule has 1 aromatic heterocycles. The Morgan fingerprint density at radius 1 is 1.33 bits per heavy atom. The minimum Gasteiger partial charge on any atom is -0.507 e. The molecule has 18 heavy (non-hydrogen) atoms. The van der Waals surface area contributed by atoms with Crippen molar-refractivity contribution < 1.29 is 13.5 Å². The monoisotopic (exact) mass is 345 g/mol. The largest absolute Gasteiger partial charge is 0.507 e. The number of nitrogens with zero attached hydrogens (tertiary/aromatic N) is 1. The van der Waals surface area contributed by atoms with Gasteiger partial charge in [-0.1, -0.05) is 6.07 Å². The number of hydrogen-bond acceptors (Lipinski definition) is 4. The van der Waals surface area contributed by atoms with Crippen LogP contribution in [-0.4, -0.2) is 19.7 Å². The highest BCUT2D eigenvalue weighted by Gasteiger charge is 2.12. The van der Waals surface area contributed by atoms with Crippen molar-refractivity contribution in [2.45, 2.75) is 4.21 Å². The predicted molar refractivity (Wildman–Crippen MR) is 74.9 cm³/mol. The van der Waals surface area contributed by atoms with E-state index in [4.69, 9.17) is 0 Å². The third kappa shape index (κ3) is 2.98. The number of sulfonamides is 1. The first-order chi connectivity index (χ1) is 8.49. The Labute approximate surface area is 117 Å². The number of thiophene rings is 1. The molecule has 0 saturated heterocycles. The molecule has 2 aromatic rings. The van der Waals surface area contributed by atoms with E-state index in [1.807, 2.05) is 0 Å². The molecule has 0 bridgehead atoms. The summed E-state index contributed by atoms with van der Waals surface area (Å²) >= 11 is 4.27. The first-order valence-electron chi connectivity index (χ1n) is 4.81. The molecule has 0 spiro atoms. The summed E-state index contributed by atoms with van der Waals surface area (Å²) < 4.78 is 27.8. The van der Waals surface area contributed by atoms with E-state index in [1.165, 1.54) is 18.3 Å². The van der Waals surface area contributed by atoms with Crippen LogP contribution >= 0.6 is 27.3 Å². The SMILES string of the molecule is O=S(=O)(/N=C\c1ccc(O)c(Br)c1)c1cccs1. The van der Waals surface area contributed by atoms with Crippen molar-refractivity contribution >= 4 is 43.5 Å². The number of hydrogen-bond donors (Lipinski definition) is 1. The number of halogens is 1. The van der Waals surface area contributed by atoms with E-state index in [9.17, 15) is 13.5 Å². The standard InChI is InChI=1S/C11H8BrNO3S2/c12-9-6-8(3-4-10(9)14)7-13-18(15,16)11-2-1-5-17-11/h1-7,14H/b13-7-. The first kappa shape index (κ1) is 13.3. The molecular weight excluding hydrogens is 338 g/mol. The van der Waals surface area contributed by atoms with Gasteiger partial charge in [0.2, 0.25) is 0 Å². The lowest BCUT2D eigenvalue weighted by Crippen LogP contribution is -1.94. The molecular formula is C11H8BrNO3S2. The molecule has 0 radical (unpaired) electrons. The van der Waals surface area contributed by atoms with Crippen LogP contribution in [0.25, 0.3) is 0 Å². The maximum atomic E-state index is 11.8. The van der Waals surface area contributed by atoms with Crippen molar-refractivity contribution in [3.63, 3.8) is 0 Å². The Morgan fingerprint density at radius 2 is 2.11 bits per heavy atom. The zero-order valence-electron chi connectivity index (χ0n) is 8.95. The zero-order chi connectivity index (χ0) is 13.2. The van der Waals surface area contributed by atoms with Gasteiger partial charge in [0.25, 0.3) is 10.0 Å². The van der Waals surface area contributed by atoms with E-state index in [0.717, 1.165) is 11.3 Å². The predicted octanol–water partition coefficient (Wildman–Crippen LogP) is 3.02. The van der Waals surface area contributed by atoms with Crippen LogP contribution in [0.4, 0.5) is 0 Å². The highest BCUT2D eigenvalue weighted by Crippen LogP contribution is 2.24. The number of aromatic hydroxyl groups is 1. The molecule has 1 N–H and O–H groups in total. The van der Waals surface area contributed by atoms with Crippen molar-refractivity contribution in [1.29, 1.82) is 0 Å². The maximum Gasteiger partial charge on any atom is 0.291 e. The summed E-state index contributed by atoms with van der Waals surface area (Å²) in [5, 5.41) is 11.0. The van der Waals surface area contributed by atoms with E-state index in [1.54, 1.807) is 23.6 Å². The summed E-state index contributed by atoms with van der Waals surface area (Å²) in [5.74, 6) is 0.0910. The van der Waals surface area contributed by atoms with E-state index < -0.39 is 10.0 Å². The summed E-state index contributed by atoms with van der Waals surface area (Å²) in [5.41, 5.74) is 0.583. The maximum absolute atomic E-state index is 11.8. The van der Waals surface area contributed by atoms with Crippen LogP contribution in [0.5, 0.6) is 5.75 Å². The Bertz CT molecular complexity index is 678. The molecule has 0 aliphatic carbocycles. The fourth-order valence-electron chi connectivity index (χ4n) is 1.20. The van der Waals surface area contributed by atoms with Crippen LogP contribution in [0.3, 0.4) is 0 Å². The lowest BCUT2D eigenvalue weighted by atomic mass is 10.2. The van der Waals surface area contributed by atoms with E-state index >= 15 is 0 Å². The molecule has 0 aliphatic heterocycles. The van der Waals surface area contributed by atoms with Gasteiger partial charge in [-0.3, -0.25) is 0 Å². The molecule has 0 unspecified atom stereocenters. The normalized spacial score (nSPS) is 12.1. The van der Waals surface area contributed by atoms with Gasteiger partial charge in [0.05, 0.1) is 4.47 Å². The van der Waals surface area contributed by atoms with Gasteiger partial charge in [0, 0.05) is 6.21 Å². The van der Waals surface area contributed by atoms with Gasteiger partial charge >= 0.3 is 0 Å².